The zero-order valence-electron chi connectivity index (χ0n) is 13.4. The molecule has 0 unspecified atom stereocenters. The van der Waals surface area contributed by atoms with Crippen molar-refractivity contribution in [2.45, 2.75) is 20.0 Å². The van der Waals surface area contributed by atoms with Crippen LogP contribution in [0.25, 0.3) is 11.4 Å². The summed E-state index contributed by atoms with van der Waals surface area (Å²) < 4.78 is 41.5. The molecular weight excluding hydrogens is 341 g/mol. The van der Waals surface area contributed by atoms with Crippen molar-refractivity contribution >= 4 is 12.2 Å². The maximum atomic E-state index is 12.4. The number of halogens is 3. The summed E-state index contributed by atoms with van der Waals surface area (Å²) in [6, 6.07) is 5.65. The summed E-state index contributed by atoms with van der Waals surface area (Å²) in [6.45, 7) is 4.33. The second-order valence-corrected chi connectivity index (χ2v) is 5.40. The van der Waals surface area contributed by atoms with Crippen LogP contribution in [0.3, 0.4) is 0 Å². The fourth-order valence-corrected chi connectivity index (χ4v) is 1.62. The summed E-state index contributed by atoms with van der Waals surface area (Å²) in [7, 11) is 0. The molecule has 25 heavy (non-hydrogen) atoms. The molecule has 2 aromatic rings. The van der Waals surface area contributed by atoms with Crippen molar-refractivity contribution in [1.82, 2.24) is 15.5 Å². The second kappa shape index (κ2) is 7.77. The summed E-state index contributed by atoms with van der Waals surface area (Å²) >= 11 is 0. The van der Waals surface area contributed by atoms with Crippen LogP contribution in [0, 0.1) is 5.92 Å². The van der Waals surface area contributed by atoms with Crippen molar-refractivity contribution < 1.29 is 27.3 Å². The van der Waals surface area contributed by atoms with Crippen molar-refractivity contribution in [2.75, 3.05) is 6.61 Å². The van der Waals surface area contributed by atoms with E-state index in [9.17, 15) is 18.0 Å². The Labute approximate surface area is 140 Å². The predicted molar refractivity (Wildman–Crippen MR) is 81.5 cm³/mol. The van der Waals surface area contributed by atoms with Gasteiger partial charge in [0, 0.05) is 11.1 Å². The molecule has 0 spiro atoms. The first-order chi connectivity index (χ1) is 11.8. The van der Waals surface area contributed by atoms with E-state index >= 15 is 0 Å². The number of carbonyl (C=O) groups is 1. The summed E-state index contributed by atoms with van der Waals surface area (Å²) in [5, 5.41) is 9.24. The quantitative estimate of drug-likeness (QED) is 0.488. The monoisotopic (exact) mass is 356 g/mol. The highest BCUT2D eigenvalue weighted by Crippen LogP contribution is 2.29. The van der Waals surface area contributed by atoms with Crippen LogP contribution >= 0.6 is 0 Å². The van der Waals surface area contributed by atoms with E-state index in [1.54, 1.807) is 0 Å². The zero-order valence-corrected chi connectivity index (χ0v) is 13.4. The van der Waals surface area contributed by atoms with E-state index in [0.717, 1.165) is 6.34 Å². The lowest BCUT2D eigenvalue weighted by Crippen LogP contribution is -2.21. The third kappa shape index (κ3) is 5.30. The maximum Gasteiger partial charge on any atom is 0.471 e. The molecule has 0 aliphatic carbocycles. The molecule has 0 saturated carbocycles. The Kier molecular flexibility index (Phi) is 5.73. The average molecular weight is 356 g/mol. The Morgan fingerprint density at radius 3 is 2.60 bits per heavy atom. The minimum absolute atomic E-state index is 0.220. The number of alkyl halides is 3. The number of carbonyl (C=O) groups excluding carboxylic acids is 1. The minimum atomic E-state index is -4.71. The predicted octanol–water partition coefficient (Wildman–Crippen LogP) is 3.10. The molecule has 1 amide bonds. The van der Waals surface area contributed by atoms with Crippen molar-refractivity contribution in [3.63, 3.8) is 0 Å². The van der Waals surface area contributed by atoms with Crippen molar-refractivity contribution in [3.8, 4) is 11.4 Å². The molecule has 1 aromatic carbocycles. The van der Waals surface area contributed by atoms with Crippen molar-refractivity contribution in [3.05, 3.63) is 35.7 Å². The molecule has 0 fully saturated rings. The normalized spacial score (nSPS) is 11.9. The lowest BCUT2D eigenvalue weighted by Gasteiger charge is -2.02. The van der Waals surface area contributed by atoms with E-state index in [0.29, 0.717) is 12.5 Å². The summed E-state index contributed by atoms with van der Waals surface area (Å²) in [5.74, 6) is -1.79. The van der Waals surface area contributed by atoms with E-state index in [1.807, 2.05) is 13.8 Å². The number of nitrogens with one attached hydrogen (secondary N) is 1. The van der Waals surface area contributed by atoms with Crippen LogP contribution in [-0.2, 0) is 11.0 Å². The standard InChI is InChI=1S/C15H15F3N4O3/c1-9(2)7-24-20-8-19-13(23)11-5-3-10(4-6-11)12-21-14(25-22-12)15(16,17)18/h3-6,8-9H,7H2,1-2H3,(H,19,20,23). The molecule has 0 atom stereocenters. The fraction of sp³-hybridized carbons (Fsp3) is 0.333. The number of nitrogens with zero attached hydrogens (tertiary/aromatic N) is 3. The van der Waals surface area contributed by atoms with Crippen LogP contribution in [0.1, 0.15) is 30.1 Å². The molecule has 0 aliphatic rings. The number of oxime groups is 1. The molecule has 1 N–H and O–H groups in total. The second-order valence-electron chi connectivity index (χ2n) is 5.40. The van der Waals surface area contributed by atoms with Gasteiger partial charge in [-0.25, -0.2) is 0 Å². The maximum absolute atomic E-state index is 12.4. The Bertz CT molecular complexity index is 739. The molecule has 0 aliphatic heterocycles. The van der Waals surface area contributed by atoms with Gasteiger partial charge in [0.1, 0.15) is 12.9 Å². The molecule has 0 radical (unpaired) electrons. The van der Waals surface area contributed by atoms with Crippen LogP contribution in [0.2, 0.25) is 0 Å². The van der Waals surface area contributed by atoms with Gasteiger partial charge in [0.25, 0.3) is 5.91 Å². The summed E-state index contributed by atoms with van der Waals surface area (Å²) in [6.07, 6.45) is -3.59. The fourth-order valence-electron chi connectivity index (χ4n) is 1.62. The molecule has 10 heteroatoms. The summed E-state index contributed by atoms with van der Waals surface area (Å²) in [5.41, 5.74) is 0.559. The van der Waals surface area contributed by atoms with Crippen LogP contribution < -0.4 is 5.32 Å². The molecule has 0 saturated heterocycles. The van der Waals surface area contributed by atoms with Gasteiger partial charge in [-0.2, -0.15) is 18.2 Å². The van der Waals surface area contributed by atoms with Crippen molar-refractivity contribution in [2.24, 2.45) is 11.1 Å². The zero-order chi connectivity index (χ0) is 18.4. The van der Waals surface area contributed by atoms with E-state index in [4.69, 9.17) is 4.84 Å². The van der Waals surface area contributed by atoms with Gasteiger partial charge in [-0.05, 0) is 18.1 Å². The third-order valence-corrected chi connectivity index (χ3v) is 2.80. The smallest absolute Gasteiger partial charge is 0.394 e. The SMILES string of the molecule is CC(C)CO/N=C/NC(=O)c1ccc(-c2noc(C(F)(F)F)n2)cc1. The van der Waals surface area contributed by atoms with Gasteiger partial charge in [-0.15, -0.1) is 0 Å². The number of benzene rings is 1. The third-order valence-electron chi connectivity index (χ3n) is 2.80. The van der Waals surface area contributed by atoms with Gasteiger partial charge in [0.2, 0.25) is 5.82 Å². The van der Waals surface area contributed by atoms with Gasteiger partial charge in [-0.3, -0.25) is 4.79 Å². The lowest BCUT2D eigenvalue weighted by molar-refractivity contribution is -0.159. The largest absolute Gasteiger partial charge is 0.471 e. The number of aromatic nitrogens is 2. The molecule has 7 nitrogen and oxygen atoms in total. The highest BCUT2D eigenvalue weighted by molar-refractivity contribution is 6.00. The summed E-state index contributed by atoms with van der Waals surface area (Å²) in [4.78, 5) is 20.1. The number of hydrogen-bond acceptors (Lipinski definition) is 6. The highest BCUT2D eigenvalue weighted by Gasteiger charge is 2.38. The molecular formula is C15H15F3N4O3. The van der Waals surface area contributed by atoms with Crippen LogP contribution in [0.4, 0.5) is 13.2 Å². The van der Waals surface area contributed by atoms with Crippen LogP contribution in [0.15, 0.2) is 33.9 Å². The van der Waals surface area contributed by atoms with Crippen molar-refractivity contribution in [1.29, 1.82) is 0 Å². The number of hydrogen-bond donors (Lipinski definition) is 1. The molecule has 1 heterocycles. The van der Waals surface area contributed by atoms with Gasteiger partial charge in [-0.1, -0.05) is 36.3 Å². The molecule has 1 aromatic heterocycles. The van der Waals surface area contributed by atoms with Crippen LogP contribution in [-0.4, -0.2) is 29.0 Å². The molecule has 0 bridgehead atoms. The number of rotatable bonds is 6. The Morgan fingerprint density at radius 2 is 2.04 bits per heavy atom. The van der Waals surface area contributed by atoms with Gasteiger partial charge in [0.05, 0.1) is 0 Å². The van der Waals surface area contributed by atoms with Crippen LogP contribution in [0.5, 0.6) is 0 Å². The minimum Gasteiger partial charge on any atom is -0.394 e. The first-order valence-electron chi connectivity index (χ1n) is 7.23. The van der Waals surface area contributed by atoms with Gasteiger partial charge in [0.15, 0.2) is 0 Å². The van der Waals surface area contributed by atoms with E-state index in [2.05, 4.69) is 25.1 Å². The lowest BCUT2D eigenvalue weighted by atomic mass is 10.1. The Morgan fingerprint density at radius 1 is 1.36 bits per heavy atom. The molecule has 2 rings (SSSR count). The number of amides is 1. The first-order valence-corrected chi connectivity index (χ1v) is 7.23. The van der Waals surface area contributed by atoms with Gasteiger partial charge >= 0.3 is 12.1 Å². The van der Waals surface area contributed by atoms with E-state index in [1.165, 1.54) is 24.3 Å². The van der Waals surface area contributed by atoms with E-state index in [-0.39, 0.29) is 17.0 Å². The topological polar surface area (TPSA) is 89.6 Å². The Hall–Kier alpha value is -2.91. The van der Waals surface area contributed by atoms with E-state index < -0.39 is 18.0 Å². The first kappa shape index (κ1) is 18.4. The van der Waals surface area contributed by atoms with Gasteiger partial charge < -0.3 is 14.7 Å². The average Bonchev–Trinajstić information content (AvgIpc) is 3.04. The molecule has 134 valence electrons. The highest BCUT2D eigenvalue weighted by atomic mass is 19.4. The Balaban J connectivity index is 1.97.